The SMILES string of the molecule is CC(C)(C)n1c2ccccc2c2c3ccc4c(-c5ccc(N(c6ccccc6)c6cccc7ccccc67)cc5)ccc5ccc(cc21)c3c54.CCn1c2ccccc2c2c3ccc4c(-c5ccc(N(c6ccccc6)c6ccccc6)cc5)ccc5ccc(cc21)c3c54.c1ccc(N(c2ccccc2)c2ccc(-c3ccc4ccc5cc6c(c7ccc3c4c57)c3ccccc3n6-c3ccccc3)cc2)cc1. The highest BCUT2D eigenvalue weighted by Crippen LogP contribution is 2.52. The van der Waals surface area contributed by atoms with E-state index in [2.05, 4.69) is 554 Å². The normalized spacial score (nSPS) is 12.0. The Bertz CT molecular complexity index is 9810. The van der Waals surface area contributed by atoms with E-state index in [0.717, 1.165) is 52.0 Å². The van der Waals surface area contributed by atoms with Crippen molar-refractivity contribution in [1.29, 1.82) is 0 Å². The van der Waals surface area contributed by atoms with Gasteiger partial charge in [-0.2, -0.15) is 0 Å². The van der Waals surface area contributed by atoms with Crippen LogP contribution >= 0.6 is 0 Å². The molecule has 6 heteroatoms. The largest absolute Gasteiger partial charge is 0.341 e. The third-order valence-corrected chi connectivity index (χ3v) is 29.7. The minimum atomic E-state index is -0.0504. The smallest absolute Gasteiger partial charge is 0.0553 e. The van der Waals surface area contributed by atoms with E-state index in [-0.39, 0.29) is 5.54 Å². The number of hydrogen-bond acceptors (Lipinski definition) is 3. The molecule has 0 fully saturated rings. The van der Waals surface area contributed by atoms with E-state index >= 15 is 0 Å². The molecule has 0 N–H and O–H groups in total. The van der Waals surface area contributed by atoms with Crippen molar-refractivity contribution in [3.05, 3.63) is 497 Å². The van der Waals surface area contributed by atoms with Crippen LogP contribution in [0.4, 0.5) is 51.2 Å². The Balaban J connectivity index is 0.000000107. The van der Waals surface area contributed by atoms with E-state index in [1.807, 2.05) is 0 Å². The molecule has 0 aliphatic heterocycles. The Hall–Kier alpha value is -18.1. The van der Waals surface area contributed by atoms with E-state index in [1.54, 1.807) is 0 Å². The zero-order valence-corrected chi connectivity index (χ0v) is 79.2. The third-order valence-electron chi connectivity index (χ3n) is 29.7. The summed E-state index contributed by atoms with van der Waals surface area (Å²) < 4.78 is 7.40. The number of anilines is 9. The van der Waals surface area contributed by atoms with E-state index in [1.165, 1.54) is 218 Å². The van der Waals surface area contributed by atoms with Gasteiger partial charge in [-0.1, -0.05) is 346 Å². The maximum atomic E-state index is 2.52. The molecule has 0 aliphatic carbocycles. The Morgan fingerprint density at radius 2 is 0.486 bits per heavy atom. The second-order valence-electron chi connectivity index (χ2n) is 38.7. The van der Waals surface area contributed by atoms with Crippen molar-refractivity contribution in [2.45, 2.75) is 39.8 Å². The Labute approximate surface area is 823 Å². The molecule has 142 heavy (non-hydrogen) atoms. The number of aromatic nitrogens is 3. The number of aryl methyl sites for hydroxylation is 1. The topological polar surface area (TPSA) is 24.5 Å². The maximum Gasteiger partial charge on any atom is 0.0553 e. The van der Waals surface area contributed by atoms with Crippen LogP contribution in [0, 0.1) is 0 Å². The number of benzene rings is 26. The molecule has 0 atom stereocenters. The molecule has 6 nitrogen and oxygen atoms in total. The van der Waals surface area contributed by atoms with Gasteiger partial charge in [-0.05, 0) is 315 Å². The predicted octanol–water partition coefficient (Wildman–Crippen LogP) is 38.4. The van der Waals surface area contributed by atoms with Crippen LogP contribution in [0.1, 0.15) is 27.7 Å². The molecule has 3 heterocycles. The first-order valence-corrected chi connectivity index (χ1v) is 49.5. The second kappa shape index (κ2) is 33.7. The van der Waals surface area contributed by atoms with Gasteiger partial charge < -0.3 is 28.4 Å². The van der Waals surface area contributed by atoms with Gasteiger partial charge in [-0.3, -0.25) is 0 Å². The zero-order chi connectivity index (χ0) is 94.4. The lowest BCUT2D eigenvalue weighted by Gasteiger charge is -2.27. The van der Waals surface area contributed by atoms with Gasteiger partial charge >= 0.3 is 0 Å². The Morgan fingerprint density at radius 3 is 0.915 bits per heavy atom. The molecule has 0 radical (unpaired) electrons. The molecule has 0 saturated heterocycles. The summed E-state index contributed by atoms with van der Waals surface area (Å²) in [5, 5.41) is 34.1. The van der Waals surface area contributed by atoms with Crippen molar-refractivity contribution in [2.24, 2.45) is 0 Å². The summed E-state index contributed by atoms with van der Waals surface area (Å²) in [7, 11) is 0. The van der Waals surface area contributed by atoms with Gasteiger partial charge in [0.1, 0.15) is 0 Å². The Kier molecular flexibility index (Phi) is 19.7. The third kappa shape index (κ3) is 13.5. The lowest BCUT2D eigenvalue weighted by Crippen LogP contribution is -2.21. The molecular weight excluding hydrogens is 1720 g/mol. The average Bonchev–Trinajstić information content (AvgIpc) is 1.62. The average molecular weight is 1810 g/mol. The summed E-state index contributed by atoms with van der Waals surface area (Å²) >= 11 is 0. The lowest BCUT2D eigenvalue weighted by molar-refractivity contribution is 0.423. The van der Waals surface area contributed by atoms with Gasteiger partial charge in [-0.25, -0.2) is 0 Å². The summed E-state index contributed by atoms with van der Waals surface area (Å²) in [4.78, 5) is 6.99. The summed E-state index contributed by atoms with van der Waals surface area (Å²) in [5.41, 5.74) is 26.5. The predicted molar refractivity (Wildman–Crippen MR) is 609 cm³/mol. The van der Waals surface area contributed by atoms with Gasteiger partial charge in [0.25, 0.3) is 0 Å². The number of fused-ring (bicyclic) bond motifs is 13. The fourth-order valence-electron chi connectivity index (χ4n) is 23.7. The van der Waals surface area contributed by atoms with Crippen molar-refractivity contribution >= 4 is 224 Å². The van der Waals surface area contributed by atoms with E-state index in [4.69, 9.17) is 0 Å². The van der Waals surface area contributed by atoms with Crippen LogP contribution in [-0.2, 0) is 12.1 Å². The highest BCUT2D eigenvalue weighted by atomic mass is 15.2. The van der Waals surface area contributed by atoms with Crippen LogP contribution in [0.5, 0.6) is 0 Å². The highest BCUT2D eigenvalue weighted by Gasteiger charge is 2.28. The van der Waals surface area contributed by atoms with Crippen LogP contribution in [0.25, 0.3) is 212 Å². The zero-order valence-electron chi connectivity index (χ0n) is 79.2. The molecule has 29 rings (SSSR count). The minimum absolute atomic E-state index is 0.0504. The number of hydrogen-bond donors (Lipinski definition) is 0. The van der Waals surface area contributed by atoms with Gasteiger partial charge in [0.05, 0.1) is 27.8 Å². The molecule has 0 amide bonds. The molecule has 0 saturated carbocycles. The summed E-state index contributed by atoms with van der Waals surface area (Å²) in [6, 6.07) is 182. The molecule has 29 aromatic rings. The molecule has 0 aliphatic rings. The fraction of sp³-hybridized carbons (Fsp3) is 0.0441. The summed E-state index contributed by atoms with van der Waals surface area (Å²) in [6.45, 7) is 10.1. The van der Waals surface area contributed by atoms with Crippen molar-refractivity contribution in [3.8, 4) is 39.1 Å². The van der Waals surface area contributed by atoms with Crippen LogP contribution in [0.15, 0.2) is 497 Å². The first-order chi connectivity index (χ1) is 70.1. The molecule has 670 valence electrons. The van der Waals surface area contributed by atoms with Crippen LogP contribution in [0.3, 0.4) is 0 Å². The number of para-hydroxylation sites is 9. The van der Waals surface area contributed by atoms with Gasteiger partial charge in [0.15, 0.2) is 0 Å². The standard InChI is InChI=1S/C48H36N2.C46H30N2.C42H30N2/c1-48(2,3)50-43-18-10-9-17-40(43)47-41-29-28-39-37(27-24-33-20-21-34(30-44(47)50)46(41)45(33)39)32-22-25-36(26-23-32)49(35-14-5-4-6-15-35)42-19-11-13-31-12-7-8-16-38(31)42;1-4-12-34(13-5-1)47(35-14-6-2-7-15-35)37-25-22-31(23-26-37)38-27-24-32-20-21-33-30-43-46(41-29-28-39(38)44(32)45(33)41)40-18-10-11-19-42(40)48(43)36-16-8-3-9-17-36;1-2-43-38-16-10-9-15-36(38)42-37-26-25-35-34(24-21-29-17-18-30(27-39(42)43)41(37)40(29)35)28-19-22-33(23-20-28)44(31-11-5-3-6-12-31)32-13-7-4-8-14-32/h4-30H,1-3H3;1-30H;3-27H,2H2,1H3. The molecule has 0 unspecified atom stereocenters. The number of nitrogens with zero attached hydrogens (tertiary/aromatic N) is 6. The van der Waals surface area contributed by atoms with Gasteiger partial charge in [0, 0.05) is 112 Å². The Morgan fingerprint density at radius 1 is 0.190 bits per heavy atom. The first-order valence-electron chi connectivity index (χ1n) is 49.5. The minimum Gasteiger partial charge on any atom is -0.341 e. The second-order valence-corrected chi connectivity index (χ2v) is 38.7. The van der Waals surface area contributed by atoms with Gasteiger partial charge in [0.2, 0.25) is 0 Å². The summed E-state index contributed by atoms with van der Waals surface area (Å²) in [6.07, 6.45) is 0. The van der Waals surface area contributed by atoms with Crippen molar-refractivity contribution in [2.75, 3.05) is 14.7 Å². The fourth-order valence-corrected chi connectivity index (χ4v) is 23.7. The summed E-state index contributed by atoms with van der Waals surface area (Å²) in [5.74, 6) is 0. The highest BCUT2D eigenvalue weighted by molar-refractivity contribution is 6.37. The monoisotopic (exact) mass is 1810 g/mol. The molecule has 0 spiro atoms. The van der Waals surface area contributed by atoms with Crippen molar-refractivity contribution in [3.63, 3.8) is 0 Å². The number of rotatable bonds is 14. The quantitative estimate of drug-likeness (QED) is 0.101. The first kappa shape index (κ1) is 83.3. The maximum absolute atomic E-state index is 2.52. The molecule has 0 bridgehead atoms. The van der Waals surface area contributed by atoms with Crippen molar-refractivity contribution in [1.82, 2.24) is 13.7 Å². The van der Waals surface area contributed by atoms with Crippen LogP contribution in [-0.4, -0.2) is 13.7 Å². The molecule has 26 aromatic carbocycles. The molecule has 3 aromatic heterocycles. The van der Waals surface area contributed by atoms with E-state index < -0.39 is 0 Å². The van der Waals surface area contributed by atoms with Crippen LogP contribution < -0.4 is 14.7 Å². The molecular formula is C136H96N6. The van der Waals surface area contributed by atoms with E-state index in [9.17, 15) is 0 Å². The lowest BCUT2D eigenvalue weighted by atomic mass is 9.88. The van der Waals surface area contributed by atoms with Crippen molar-refractivity contribution < 1.29 is 0 Å². The van der Waals surface area contributed by atoms with Crippen LogP contribution in [0.2, 0.25) is 0 Å². The van der Waals surface area contributed by atoms with E-state index in [0.29, 0.717) is 0 Å². The van der Waals surface area contributed by atoms with Gasteiger partial charge in [-0.15, -0.1) is 0 Å².